The molecule has 4 aliphatic carbocycles. The maximum Gasteiger partial charge on any atom is 0.186 e. The number of aliphatic hydroxyl groups is 1. The summed E-state index contributed by atoms with van der Waals surface area (Å²) in [6.45, 7) is 16.3. The van der Waals surface area contributed by atoms with E-state index in [-0.39, 0.29) is 21.9 Å². The highest BCUT2D eigenvalue weighted by Gasteiger charge is 2.61. The third-order valence-electron chi connectivity index (χ3n) is 11.2. The number of allylic oxidation sites excluding steroid dienone is 1. The van der Waals surface area contributed by atoms with Crippen molar-refractivity contribution in [2.24, 2.45) is 46.3 Å². The van der Waals surface area contributed by atoms with Gasteiger partial charge in [-0.3, -0.25) is 4.79 Å². The quantitative estimate of drug-likeness (QED) is 0.314. The second-order valence-electron chi connectivity index (χ2n) is 14.0. The Bertz CT molecular complexity index is 805. The first kappa shape index (κ1) is 28.7. The molecule has 36 heavy (non-hydrogen) atoms. The first-order chi connectivity index (χ1) is 17.0. The lowest BCUT2D eigenvalue weighted by Gasteiger charge is -2.60. The van der Waals surface area contributed by atoms with Gasteiger partial charge in [0, 0.05) is 17.6 Å². The van der Waals surface area contributed by atoms with Crippen molar-refractivity contribution in [3.05, 3.63) is 11.6 Å². The van der Waals surface area contributed by atoms with E-state index in [4.69, 9.17) is 4.74 Å². The molecule has 0 radical (unpaired) electrons. The van der Waals surface area contributed by atoms with Crippen LogP contribution in [0.5, 0.6) is 0 Å². The molecule has 0 aromatic carbocycles. The van der Waals surface area contributed by atoms with Crippen LogP contribution >= 0.6 is 11.8 Å². The standard InChI is InChI=1S/C32H54O3S/c1-20(2)9-8-10-21(3)27-13-14-28-26-12-11-24-17-25(35-19-22(4)33)18-30(36-23(5)34)32(24,7)29(26)15-16-31(27,28)6/h11,20-22,25-30,33H,8-10,12-19H2,1-7H3/t21-,22?,25-,26?,27-,28?,29?,30?,31-,32+/m1/s1. The molecule has 0 amide bonds. The Balaban J connectivity index is 1.54. The van der Waals surface area contributed by atoms with Gasteiger partial charge in [0.25, 0.3) is 0 Å². The molecule has 3 saturated carbocycles. The summed E-state index contributed by atoms with van der Waals surface area (Å²) in [5.74, 6) is 4.80. The summed E-state index contributed by atoms with van der Waals surface area (Å²) < 4.78 is 6.14. The summed E-state index contributed by atoms with van der Waals surface area (Å²) in [4.78, 5) is 12.4. The Morgan fingerprint density at radius 2 is 1.89 bits per heavy atom. The Hall–Kier alpha value is -0.320. The van der Waals surface area contributed by atoms with Crippen LogP contribution in [0, 0.1) is 46.3 Å². The Morgan fingerprint density at radius 3 is 2.56 bits per heavy atom. The molecule has 0 heterocycles. The van der Waals surface area contributed by atoms with E-state index >= 15 is 0 Å². The van der Waals surface area contributed by atoms with Gasteiger partial charge in [-0.25, -0.2) is 0 Å². The summed E-state index contributed by atoms with van der Waals surface area (Å²) >= 11 is 1.57. The van der Waals surface area contributed by atoms with Crippen LogP contribution in [-0.4, -0.2) is 34.3 Å². The zero-order valence-corrected chi connectivity index (χ0v) is 25.0. The van der Waals surface area contributed by atoms with Crippen LogP contribution in [0.25, 0.3) is 0 Å². The molecule has 206 valence electrons. The predicted octanol–water partition coefficient (Wildman–Crippen LogP) is 8.05. The highest BCUT2D eigenvalue weighted by molar-refractivity contribution is 8.14. The van der Waals surface area contributed by atoms with Gasteiger partial charge >= 0.3 is 0 Å². The van der Waals surface area contributed by atoms with E-state index in [0.717, 1.165) is 42.4 Å². The molecular weight excluding hydrogens is 464 g/mol. The minimum absolute atomic E-state index is 0.0895. The van der Waals surface area contributed by atoms with E-state index in [1.807, 2.05) is 0 Å². The van der Waals surface area contributed by atoms with Gasteiger partial charge in [0.1, 0.15) is 0 Å². The van der Waals surface area contributed by atoms with Gasteiger partial charge in [-0.05, 0) is 92.8 Å². The maximum absolute atomic E-state index is 12.4. The van der Waals surface area contributed by atoms with Gasteiger partial charge in [-0.2, -0.15) is 0 Å². The molecule has 3 fully saturated rings. The molecule has 5 unspecified atom stereocenters. The van der Waals surface area contributed by atoms with Crippen molar-refractivity contribution in [1.29, 1.82) is 0 Å². The molecule has 10 atom stereocenters. The summed E-state index contributed by atoms with van der Waals surface area (Å²) in [6.07, 6.45) is 15.0. The van der Waals surface area contributed by atoms with Crippen molar-refractivity contribution in [2.75, 3.05) is 6.61 Å². The summed E-state index contributed by atoms with van der Waals surface area (Å²) in [6, 6.07) is 0. The fourth-order valence-corrected chi connectivity index (χ4v) is 10.7. The van der Waals surface area contributed by atoms with Crippen molar-refractivity contribution in [1.82, 2.24) is 0 Å². The van der Waals surface area contributed by atoms with Crippen LogP contribution in [0.1, 0.15) is 113 Å². The van der Waals surface area contributed by atoms with Crippen LogP contribution in [0.4, 0.5) is 0 Å². The Morgan fingerprint density at radius 1 is 1.14 bits per heavy atom. The van der Waals surface area contributed by atoms with Crippen LogP contribution in [0.3, 0.4) is 0 Å². The number of ether oxygens (including phenoxy) is 1. The molecule has 4 heteroatoms. The largest absolute Gasteiger partial charge is 0.391 e. The number of carbonyl (C=O) groups excluding carboxylic acids is 1. The van der Waals surface area contributed by atoms with Crippen molar-refractivity contribution < 1.29 is 14.6 Å². The fourth-order valence-electron chi connectivity index (χ4n) is 9.46. The zero-order valence-electron chi connectivity index (χ0n) is 24.2. The van der Waals surface area contributed by atoms with E-state index in [0.29, 0.717) is 17.9 Å². The lowest BCUT2D eigenvalue weighted by atomic mass is 9.46. The average molecular weight is 519 g/mol. The monoisotopic (exact) mass is 518 g/mol. The van der Waals surface area contributed by atoms with E-state index in [1.165, 1.54) is 51.4 Å². The molecule has 0 bridgehead atoms. The number of hydrogen-bond donors (Lipinski definition) is 1. The highest BCUT2D eigenvalue weighted by atomic mass is 32.2. The van der Waals surface area contributed by atoms with Gasteiger partial charge in [-0.15, -0.1) is 0 Å². The molecule has 0 spiro atoms. The number of thioether (sulfide) groups is 1. The third-order valence-corrected chi connectivity index (χ3v) is 12.5. The first-order valence-corrected chi connectivity index (χ1v) is 16.0. The van der Waals surface area contributed by atoms with Crippen molar-refractivity contribution in [3.8, 4) is 0 Å². The SMILES string of the molecule is CC(=O)SC1C[C@H](OCC(C)O)CC2=CCC3C(CC[C@@]4(C)C3CC[C@@H]4[C@H](C)CCCC(C)C)[C@]21C. The Kier molecular flexibility index (Phi) is 9.10. The van der Waals surface area contributed by atoms with Crippen LogP contribution in [0.2, 0.25) is 0 Å². The Labute approximate surface area is 226 Å². The molecule has 0 aromatic rings. The normalized spacial score (nSPS) is 41.8. The molecule has 1 N–H and O–H groups in total. The molecule has 4 aliphatic rings. The minimum Gasteiger partial charge on any atom is -0.391 e. The second kappa shape index (κ2) is 11.4. The summed E-state index contributed by atoms with van der Waals surface area (Å²) in [5.41, 5.74) is 2.12. The molecular formula is C32H54O3S. The topological polar surface area (TPSA) is 46.5 Å². The van der Waals surface area contributed by atoms with Crippen molar-refractivity contribution >= 4 is 16.9 Å². The van der Waals surface area contributed by atoms with Gasteiger partial charge in [-0.1, -0.05) is 77.3 Å². The lowest BCUT2D eigenvalue weighted by Crippen LogP contribution is -2.55. The summed E-state index contributed by atoms with van der Waals surface area (Å²) in [7, 11) is 0. The van der Waals surface area contributed by atoms with Crippen LogP contribution in [0.15, 0.2) is 11.6 Å². The third kappa shape index (κ3) is 5.53. The van der Waals surface area contributed by atoms with Gasteiger partial charge in [0.2, 0.25) is 0 Å². The average Bonchev–Trinajstić information content (AvgIpc) is 3.15. The molecule has 0 saturated heterocycles. The van der Waals surface area contributed by atoms with Crippen molar-refractivity contribution in [2.45, 2.75) is 130 Å². The van der Waals surface area contributed by atoms with Gasteiger partial charge in [0.15, 0.2) is 5.12 Å². The molecule has 0 aromatic heterocycles. The van der Waals surface area contributed by atoms with Crippen molar-refractivity contribution in [3.63, 3.8) is 0 Å². The lowest BCUT2D eigenvalue weighted by molar-refractivity contribution is -0.109. The summed E-state index contributed by atoms with van der Waals surface area (Å²) in [5, 5.41) is 10.3. The molecule has 0 aliphatic heterocycles. The van der Waals surface area contributed by atoms with E-state index in [2.05, 4.69) is 40.7 Å². The highest BCUT2D eigenvalue weighted by Crippen LogP contribution is 2.68. The number of carbonyl (C=O) groups is 1. The van der Waals surface area contributed by atoms with E-state index in [9.17, 15) is 9.90 Å². The number of rotatable bonds is 9. The minimum atomic E-state index is -0.443. The number of aliphatic hydroxyl groups excluding tert-OH is 1. The first-order valence-electron chi connectivity index (χ1n) is 15.1. The van der Waals surface area contributed by atoms with Crippen LogP contribution < -0.4 is 0 Å². The maximum atomic E-state index is 12.4. The fraction of sp³-hybridized carbons (Fsp3) is 0.906. The number of fused-ring (bicyclic) bond motifs is 5. The van der Waals surface area contributed by atoms with E-state index in [1.54, 1.807) is 31.2 Å². The smallest absolute Gasteiger partial charge is 0.186 e. The molecule has 3 nitrogen and oxygen atoms in total. The number of hydrogen-bond acceptors (Lipinski definition) is 4. The van der Waals surface area contributed by atoms with Crippen LogP contribution in [-0.2, 0) is 9.53 Å². The van der Waals surface area contributed by atoms with Gasteiger partial charge in [0.05, 0.1) is 18.8 Å². The second-order valence-corrected chi connectivity index (χ2v) is 15.4. The van der Waals surface area contributed by atoms with Gasteiger partial charge < -0.3 is 9.84 Å². The zero-order chi connectivity index (χ0) is 26.3. The molecule has 4 rings (SSSR count). The van der Waals surface area contributed by atoms with E-state index < -0.39 is 6.10 Å². The predicted molar refractivity (Wildman–Crippen MR) is 152 cm³/mol.